The van der Waals surface area contributed by atoms with Gasteiger partial charge in [0.1, 0.15) is 11.5 Å². The molecule has 1 aromatic heterocycles. The van der Waals surface area contributed by atoms with Crippen LogP contribution in [0.15, 0.2) is 30.5 Å². The molecule has 2 aromatic rings. The van der Waals surface area contributed by atoms with E-state index in [0.717, 1.165) is 18.7 Å². The third-order valence-electron chi connectivity index (χ3n) is 3.23. The number of aromatic nitrogens is 2. The zero-order valence-corrected chi connectivity index (χ0v) is 11.3. The number of hydrogen-bond donors (Lipinski definition) is 1. The van der Waals surface area contributed by atoms with Gasteiger partial charge < -0.3 is 9.67 Å². The van der Waals surface area contributed by atoms with Crippen LogP contribution in [-0.4, -0.2) is 20.6 Å². The van der Waals surface area contributed by atoms with Crippen molar-refractivity contribution in [2.24, 2.45) is 0 Å². The van der Waals surface area contributed by atoms with Gasteiger partial charge in [0, 0.05) is 13.0 Å². The van der Waals surface area contributed by atoms with Crippen LogP contribution in [0.5, 0.6) is 0 Å². The largest absolute Gasteiger partial charge is 0.477 e. The number of carbonyl (C=O) groups is 1. The maximum Gasteiger partial charge on any atom is 0.354 e. The summed E-state index contributed by atoms with van der Waals surface area (Å²) in [6, 6.07) is 8.38. The standard InChI is InChI=1S/C15H18N2O2/c1-3-17-13(15(18)19)10-16-14(17)9-8-12-6-4-11(2)5-7-12/h4-7,10H,3,8-9H2,1-2H3,(H,18,19). The van der Waals surface area contributed by atoms with Crippen molar-refractivity contribution in [3.05, 3.63) is 53.1 Å². The van der Waals surface area contributed by atoms with Crippen molar-refractivity contribution >= 4 is 5.97 Å². The van der Waals surface area contributed by atoms with Gasteiger partial charge in [0.15, 0.2) is 0 Å². The first-order chi connectivity index (χ1) is 9.11. The Morgan fingerprint density at radius 1 is 1.26 bits per heavy atom. The minimum absolute atomic E-state index is 0.265. The summed E-state index contributed by atoms with van der Waals surface area (Å²) < 4.78 is 1.76. The first kappa shape index (κ1) is 13.3. The second kappa shape index (κ2) is 5.69. The minimum Gasteiger partial charge on any atom is -0.477 e. The van der Waals surface area contributed by atoms with Gasteiger partial charge in [-0.25, -0.2) is 9.78 Å². The van der Waals surface area contributed by atoms with Crippen molar-refractivity contribution in [1.29, 1.82) is 0 Å². The molecular formula is C15H18N2O2. The van der Waals surface area contributed by atoms with E-state index in [1.54, 1.807) is 4.57 Å². The fourth-order valence-electron chi connectivity index (χ4n) is 2.15. The number of hydrogen-bond acceptors (Lipinski definition) is 2. The first-order valence-corrected chi connectivity index (χ1v) is 6.45. The van der Waals surface area contributed by atoms with Gasteiger partial charge in [0.2, 0.25) is 0 Å². The molecule has 0 unspecified atom stereocenters. The molecule has 0 saturated carbocycles. The van der Waals surface area contributed by atoms with Crippen LogP contribution in [0.25, 0.3) is 0 Å². The van der Waals surface area contributed by atoms with E-state index in [2.05, 4.69) is 36.2 Å². The molecule has 4 nitrogen and oxygen atoms in total. The van der Waals surface area contributed by atoms with Gasteiger partial charge in [-0.1, -0.05) is 29.8 Å². The predicted molar refractivity (Wildman–Crippen MR) is 73.4 cm³/mol. The molecule has 0 bridgehead atoms. The van der Waals surface area contributed by atoms with Crippen LogP contribution in [0, 0.1) is 6.92 Å². The van der Waals surface area contributed by atoms with E-state index in [-0.39, 0.29) is 5.69 Å². The topological polar surface area (TPSA) is 55.1 Å². The van der Waals surface area contributed by atoms with Crippen molar-refractivity contribution in [1.82, 2.24) is 9.55 Å². The second-order valence-electron chi connectivity index (χ2n) is 4.59. The van der Waals surface area contributed by atoms with E-state index in [1.165, 1.54) is 17.3 Å². The second-order valence-corrected chi connectivity index (χ2v) is 4.59. The number of benzene rings is 1. The van der Waals surface area contributed by atoms with E-state index in [0.29, 0.717) is 6.54 Å². The number of aromatic carboxylic acids is 1. The molecule has 4 heteroatoms. The highest BCUT2D eigenvalue weighted by Gasteiger charge is 2.13. The zero-order chi connectivity index (χ0) is 13.8. The van der Waals surface area contributed by atoms with Crippen LogP contribution in [-0.2, 0) is 19.4 Å². The fourth-order valence-corrected chi connectivity index (χ4v) is 2.15. The third kappa shape index (κ3) is 3.02. The predicted octanol–water partition coefficient (Wildman–Crippen LogP) is 2.69. The van der Waals surface area contributed by atoms with Crippen LogP contribution in [0.1, 0.15) is 34.4 Å². The molecule has 0 amide bonds. The molecule has 0 spiro atoms. The van der Waals surface area contributed by atoms with Gasteiger partial charge in [0.05, 0.1) is 6.20 Å². The number of nitrogens with zero attached hydrogens (tertiary/aromatic N) is 2. The first-order valence-electron chi connectivity index (χ1n) is 6.45. The molecule has 0 fully saturated rings. The van der Waals surface area contributed by atoms with Gasteiger partial charge >= 0.3 is 5.97 Å². The van der Waals surface area contributed by atoms with Crippen molar-refractivity contribution in [3.8, 4) is 0 Å². The summed E-state index contributed by atoms with van der Waals surface area (Å²) >= 11 is 0. The summed E-state index contributed by atoms with van der Waals surface area (Å²) in [6.07, 6.45) is 3.07. The molecular weight excluding hydrogens is 240 g/mol. The Bertz CT molecular complexity index is 570. The van der Waals surface area contributed by atoms with Crippen molar-refractivity contribution < 1.29 is 9.90 Å². The molecule has 0 aliphatic rings. The van der Waals surface area contributed by atoms with Crippen LogP contribution in [0.2, 0.25) is 0 Å². The van der Waals surface area contributed by atoms with E-state index >= 15 is 0 Å². The lowest BCUT2D eigenvalue weighted by molar-refractivity contribution is 0.0685. The number of aryl methyl sites for hydroxylation is 3. The Kier molecular flexibility index (Phi) is 4.00. The van der Waals surface area contributed by atoms with Crippen LogP contribution in [0.4, 0.5) is 0 Å². The lowest BCUT2D eigenvalue weighted by Gasteiger charge is -2.07. The quantitative estimate of drug-likeness (QED) is 0.897. The van der Waals surface area contributed by atoms with E-state index in [9.17, 15) is 4.79 Å². The molecule has 0 atom stereocenters. The Morgan fingerprint density at radius 3 is 2.53 bits per heavy atom. The Balaban J connectivity index is 2.11. The number of carboxylic acid groups (broad SMARTS) is 1. The zero-order valence-electron chi connectivity index (χ0n) is 11.3. The van der Waals surface area contributed by atoms with E-state index in [1.807, 2.05) is 6.92 Å². The summed E-state index contributed by atoms with van der Waals surface area (Å²) in [5.41, 5.74) is 2.75. The van der Waals surface area contributed by atoms with Crippen molar-refractivity contribution in [2.75, 3.05) is 0 Å². The molecule has 19 heavy (non-hydrogen) atoms. The van der Waals surface area contributed by atoms with E-state index < -0.39 is 5.97 Å². The summed E-state index contributed by atoms with van der Waals surface area (Å²) in [4.78, 5) is 15.3. The summed E-state index contributed by atoms with van der Waals surface area (Å²) in [6.45, 7) is 4.63. The highest BCUT2D eigenvalue weighted by molar-refractivity contribution is 5.85. The van der Waals surface area contributed by atoms with Gasteiger partial charge in [-0.05, 0) is 25.8 Å². The summed E-state index contributed by atoms with van der Waals surface area (Å²) in [7, 11) is 0. The van der Waals surface area contributed by atoms with Crippen molar-refractivity contribution in [3.63, 3.8) is 0 Å². The fraction of sp³-hybridized carbons (Fsp3) is 0.333. The molecule has 1 aromatic carbocycles. The minimum atomic E-state index is -0.920. The number of carboxylic acids is 1. The molecule has 100 valence electrons. The number of imidazole rings is 1. The lowest BCUT2D eigenvalue weighted by Crippen LogP contribution is -2.10. The number of rotatable bonds is 5. The van der Waals surface area contributed by atoms with Gasteiger partial charge in [-0.3, -0.25) is 0 Å². The molecule has 0 radical (unpaired) electrons. The smallest absolute Gasteiger partial charge is 0.354 e. The normalized spacial score (nSPS) is 10.6. The van der Waals surface area contributed by atoms with Gasteiger partial charge in [-0.15, -0.1) is 0 Å². The maximum atomic E-state index is 11.0. The van der Waals surface area contributed by atoms with Crippen LogP contribution in [0.3, 0.4) is 0 Å². The highest BCUT2D eigenvalue weighted by Crippen LogP contribution is 2.11. The SMILES string of the molecule is CCn1c(C(=O)O)cnc1CCc1ccc(C)cc1. The Hall–Kier alpha value is -2.10. The van der Waals surface area contributed by atoms with Crippen molar-refractivity contribution in [2.45, 2.75) is 33.2 Å². The average molecular weight is 258 g/mol. The van der Waals surface area contributed by atoms with E-state index in [4.69, 9.17) is 5.11 Å². The summed E-state index contributed by atoms with van der Waals surface area (Å²) in [5.74, 6) is -0.0867. The van der Waals surface area contributed by atoms with Crippen LogP contribution < -0.4 is 0 Å². The molecule has 2 rings (SSSR count). The Morgan fingerprint density at radius 2 is 1.95 bits per heavy atom. The maximum absolute atomic E-state index is 11.0. The third-order valence-corrected chi connectivity index (χ3v) is 3.23. The lowest BCUT2D eigenvalue weighted by atomic mass is 10.1. The van der Waals surface area contributed by atoms with Gasteiger partial charge in [-0.2, -0.15) is 0 Å². The molecule has 0 aliphatic carbocycles. The monoisotopic (exact) mass is 258 g/mol. The molecule has 0 saturated heterocycles. The Labute approximate surface area is 112 Å². The van der Waals surface area contributed by atoms with Gasteiger partial charge in [0.25, 0.3) is 0 Å². The molecule has 1 N–H and O–H groups in total. The molecule has 1 heterocycles. The highest BCUT2D eigenvalue weighted by atomic mass is 16.4. The van der Waals surface area contributed by atoms with Crippen LogP contribution >= 0.6 is 0 Å². The molecule has 0 aliphatic heterocycles. The summed E-state index contributed by atoms with van der Waals surface area (Å²) in [5, 5.41) is 9.07. The average Bonchev–Trinajstić information content (AvgIpc) is 2.81.